The lowest BCUT2D eigenvalue weighted by molar-refractivity contribution is 0.220. The lowest BCUT2D eigenvalue weighted by Crippen LogP contribution is -2.36. The average Bonchev–Trinajstić information content (AvgIpc) is 2.30. The van der Waals surface area contributed by atoms with Crippen molar-refractivity contribution in [2.75, 3.05) is 6.54 Å². The number of benzene rings is 1. The molecule has 0 saturated carbocycles. The predicted octanol–water partition coefficient (Wildman–Crippen LogP) is 3.38. The van der Waals surface area contributed by atoms with Gasteiger partial charge in [-0.25, -0.2) is 0 Å². The third-order valence-electron chi connectivity index (χ3n) is 3.52. The second kappa shape index (κ2) is 4.80. The Hall–Kier alpha value is -0.820. The van der Waals surface area contributed by atoms with Crippen molar-refractivity contribution in [2.24, 2.45) is 11.8 Å². The van der Waals surface area contributed by atoms with Crippen molar-refractivity contribution in [1.82, 2.24) is 5.32 Å². The number of piperidine rings is 1. The zero-order valence-electron chi connectivity index (χ0n) is 9.74. The fourth-order valence-electron chi connectivity index (χ4n) is 2.66. The number of rotatable bonds is 2. The highest BCUT2D eigenvalue weighted by molar-refractivity contribution is 5.20. The molecule has 2 atom stereocenters. The zero-order chi connectivity index (χ0) is 10.7. The van der Waals surface area contributed by atoms with Gasteiger partial charge in [0.15, 0.2) is 0 Å². The Labute approximate surface area is 92.9 Å². The molecule has 82 valence electrons. The van der Waals surface area contributed by atoms with Gasteiger partial charge in [0, 0.05) is 6.04 Å². The van der Waals surface area contributed by atoms with Gasteiger partial charge in [0.2, 0.25) is 0 Å². The lowest BCUT2D eigenvalue weighted by atomic mass is 9.79. The van der Waals surface area contributed by atoms with E-state index in [-0.39, 0.29) is 0 Å². The molecular weight excluding hydrogens is 182 g/mol. The Morgan fingerprint density at radius 3 is 2.60 bits per heavy atom. The maximum Gasteiger partial charge on any atom is 0.0351 e. The van der Waals surface area contributed by atoms with E-state index in [0.29, 0.717) is 6.04 Å². The second-order valence-corrected chi connectivity index (χ2v) is 4.89. The van der Waals surface area contributed by atoms with Gasteiger partial charge in [-0.2, -0.15) is 0 Å². The molecule has 0 amide bonds. The van der Waals surface area contributed by atoms with Gasteiger partial charge in [-0.1, -0.05) is 44.2 Å². The normalized spacial score (nSPS) is 26.9. The molecule has 1 heterocycles. The van der Waals surface area contributed by atoms with Gasteiger partial charge in [0.05, 0.1) is 0 Å². The zero-order valence-corrected chi connectivity index (χ0v) is 9.74. The summed E-state index contributed by atoms with van der Waals surface area (Å²) in [5.41, 5.74) is 1.45. The quantitative estimate of drug-likeness (QED) is 0.777. The predicted molar refractivity (Wildman–Crippen MR) is 64.7 cm³/mol. The van der Waals surface area contributed by atoms with Crippen molar-refractivity contribution < 1.29 is 0 Å². The van der Waals surface area contributed by atoms with E-state index < -0.39 is 0 Å². The summed E-state index contributed by atoms with van der Waals surface area (Å²) in [6.45, 7) is 5.85. The van der Waals surface area contributed by atoms with Crippen LogP contribution in [0.4, 0.5) is 0 Å². The first-order valence-electron chi connectivity index (χ1n) is 6.07. The van der Waals surface area contributed by atoms with Crippen molar-refractivity contribution >= 4 is 0 Å². The van der Waals surface area contributed by atoms with Gasteiger partial charge < -0.3 is 5.32 Å². The van der Waals surface area contributed by atoms with Crippen LogP contribution in [0.2, 0.25) is 0 Å². The summed E-state index contributed by atoms with van der Waals surface area (Å²) in [7, 11) is 0. The number of nitrogens with one attached hydrogen (secondary N) is 1. The summed E-state index contributed by atoms with van der Waals surface area (Å²) in [6, 6.07) is 11.4. The van der Waals surface area contributed by atoms with Gasteiger partial charge in [0.1, 0.15) is 0 Å². The van der Waals surface area contributed by atoms with Crippen molar-refractivity contribution in [3.8, 4) is 0 Å². The van der Waals surface area contributed by atoms with Crippen LogP contribution in [-0.2, 0) is 0 Å². The molecule has 1 aromatic carbocycles. The maximum atomic E-state index is 3.67. The topological polar surface area (TPSA) is 12.0 Å². The van der Waals surface area contributed by atoms with Gasteiger partial charge in [0.25, 0.3) is 0 Å². The molecule has 0 bridgehead atoms. The molecule has 1 heteroatoms. The molecule has 2 unspecified atom stereocenters. The standard InChI is InChI=1S/C14H21N/c1-11(2)13-9-6-10-15-14(13)12-7-4-3-5-8-12/h3-5,7-8,11,13-15H,6,9-10H2,1-2H3. The van der Waals surface area contributed by atoms with Crippen LogP contribution in [0, 0.1) is 11.8 Å². The van der Waals surface area contributed by atoms with Crippen molar-refractivity contribution in [2.45, 2.75) is 32.7 Å². The number of hydrogen-bond donors (Lipinski definition) is 1. The van der Waals surface area contributed by atoms with E-state index in [1.807, 2.05) is 0 Å². The molecule has 0 aromatic heterocycles. The molecule has 0 spiro atoms. The van der Waals surface area contributed by atoms with Crippen molar-refractivity contribution in [3.63, 3.8) is 0 Å². The Bertz CT molecular complexity index is 291. The van der Waals surface area contributed by atoms with E-state index in [2.05, 4.69) is 49.5 Å². The smallest absolute Gasteiger partial charge is 0.0351 e. The number of hydrogen-bond acceptors (Lipinski definition) is 1. The van der Waals surface area contributed by atoms with Crippen LogP contribution in [-0.4, -0.2) is 6.54 Å². The highest BCUT2D eigenvalue weighted by Gasteiger charge is 2.27. The van der Waals surface area contributed by atoms with E-state index >= 15 is 0 Å². The van der Waals surface area contributed by atoms with Crippen LogP contribution < -0.4 is 5.32 Å². The van der Waals surface area contributed by atoms with Crippen LogP contribution in [0.25, 0.3) is 0 Å². The molecule has 1 aromatic rings. The molecule has 1 aliphatic rings. The minimum atomic E-state index is 0.569. The first-order chi connectivity index (χ1) is 7.29. The highest BCUT2D eigenvalue weighted by Crippen LogP contribution is 2.34. The van der Waals surface area contributed by atoms with Gasteiger partial charge >= 0.3 is 0 Å². The maximum absolute atomic E-state index is 3.67. The van der Waals surface area contributed by atoms with Gasteiger partial charge in [-0.3, -0.25) is 0 Å². The highest BCUT2D eigenvalue weighted by atomic mass is 14.9. The lowest BCUT2D eigenvalue weighted by Gasteiger charge is -2.35. The summed E-state index contributed by atoms with van der Waals surface area (Å²) >= 11 is 0. The minimum absolute atomic E-state index is 0.569. The molecule has 1 saturated heterocycles. The average molecular weight is 203 g/mol. The summed E-state index contributed by atoms with van der Waals surface area (Å²) in [5.74, 6) is 1.56. The largest absolute Gasteiger partial charge is 0.310 e. The minimum Gasteiger partial charge on any atom is -0.310 e. The Balaban J connectivity index is 2.18. The van der Waals surface area contributed by atoms with Crippen LogP contribution in [0.1, 0.15) is 38.3 Å². The van der Waals surface area contributed by atoms with Crippen molar-refractivity contribution in [1.29, 1.82) is 0 Å². The van der Waals surface area contributed by atoms with E-state index in [9.17, 15) is 0 Å². The van der Waals surface area contributed by atoms with Gasteiger partial charge in [-0.05, 0) is 36.8 Å². The van der Waals surface area contributed by atoms with E-state index in [0.717, 1.165) is 11.8 Å². The monoisotopic (exact) mass is 203 g/mol. The molecule has 1 N–H and O–H groups in total. The summed E-state index contributed by atoms with van der Waals surface area (Å²) in [4.78, 5) is 0. The Kier molecular flexibility index (Phi) is 3.42. The fourth-order valence-corrected chi connectivity index (χ4v) is 2.66. The molecule has 2 rings (SSSR count). The van der Waals surface area contributed by atoms with E-state index in [1.54, 1.807) is 0 Å². The Morgan fingerprint density at radius 1 is 1.20 bits per heavy atom. The molecule has 1 nitrogen and oxygen atoms in total. The molecule has 1 aliphatic heterocycles. The summed E-state index contributed by atoms with van der Waals surface area (Å²) in [5, 5.41) is 3.67. The van der Waals surface area contributed by atoms with Crippen LogP contribution >= 0.6 is 0 Å². The molecular formula is C14H21N. The second-order valence-electron chi connectivity index (χ2n) is 4.89. The van der Waals surface area contributed by atoms with Crippen LogP contribution in [0.5, 0.6) is 0 Å². The van der Waals surface area contributed by atoms with Crippen LogP contribution in [0.15, 0.2) is 30.3 Å². The Morgan fingerprint density at radius 2 is 1.93 bits per heavy atom. The van der Waals surface area contributed by atoms with E-state index in [1.165, 1.54) is 24.9 Å². The first-order valence-corrected chi connectivity index (χ1v) is 6.07. The van der Waals surface area contributed by atoms with Gasteiger partial charge in [-0.15, -0.1) is 0 Å². The molecule has 0 aliphatic carbocycles. The summed E-state index contributed by atoms with van der Waals surface area (Å²) < 4.78 is 0. The third-order valence-corrected chi connectivity index (χ3v) is 3.52. The van der Waals surface area contributed by atoms with Crippen LogP contribution in [0.3, 0.4) is 0 Å². The fraction of sp³-hybridized carbons (Fsp3) is 0.571. The van der Waals surface area contributed by atoms with Crippen molar-refractivity contribution in [3.05, 3.63) is 35.9 Å². The SMILES string of the molecule is CC(C)C1CCCNC1c1ccccc1. The molecule has 1 fully saturated rings. The summed E-state index contributed by atoms with van der Waals surface area (Å²) in [6.07, 6.45) is 2.69. The molecule has 15 heavy (non-hydrogen) atoms. The molecule has 0 radical (unpaired) electrons. The third kappa shape index (κ3) is 2.40. The van der Waals surface area contributed by atoms with E-state index in [4.69, 9.17) is 0 Å². The first kappa shape index (κ1) is 10.7.